The Morgan fingerprint density at radius 3 is 1.64 bits per heavy atom. The Hall–Kier alpha value is -1.18. The third-order valence-electron chi connectivity index (χ3n) is 20.8. The zero-order valence-corrected chi connectivity index (χ0v) is 45.9. The Bertz CT molecular complexity index is 2010. The first kappa shape index (κ1) is 61.9. The molecule has 0 bridgehead atoms. The summed E-state index contributed by atoms with van der Waals surface area (Å²) < 4.78 is 48.4. The average molecular weight is 1110 g/mol. The number of aliphatic hydroxyl groups excluding tert-OH is 14. The zero-order chi connectivity index (χ0) is 56.8. The Morgan fingerprint density at radius 2 is 1.10 bits per heavy atom. The van der Waals surface area contributed by atoms with Gasteiger partial charge in [0, 0.05) is 10.8 Å². The summed E-state index contributed by atoms with van der Waals surface area (Å²) in [4.78, 5) is 0. The first-order chi connectivity index (χ1) is 35.9. The molecule has 0 aromatic rings. The summed E-state index contributed by atoms with van der Waals surface area (Å²) in [5.74, 6) is 0.274. The Morgan fingerprint density at radius 1 is 0.597 bits per heavy atom. The van der Waals surface area contributed by atoms with E-state index in [1.165, 1.54) is 0 Å². The van der Waals surface area contributed by atoms with E-state index in [9.17, 15) is 76.6 Å². The maximum atomic E-state index is 12.8. The standard InChI is InChI=1S/C54H92O23/c1-22(10-14-33(51(5,6)69)75-49-45(41(66)37(62)29(21-57)73-49)77-47-43(68)39(64)36(61)28(20-56)72-47)24-16-17-52(7)30-13-11-25-26(54(30,9)31(58)18-53(24,52)8)12-15-32(50(25,3)4)74-48-44(40(65)34(59)23(2)70-48)76-46-42(67)38(63)35(60)27(19-55)71-46/h11,22-24,26-49,55-69H,10,12-21H2,1-9H3/t22-,23-,24-,26-,27-,28-,29-,30+,31-,32+,33-,34-,35-,36-,37-,38+,39+,40+,41+,42-,43-,44-,45-,46+,47+,48+,49+,52+,53-,54+/m1/s1. The third kappa shape index (κ3) is 10.8. The Kier molecular flexibility index (Phi) is 18.6. The molecule has 4 aliphatic carbocycles. The maximum absolute atomic E-state index is 12.8. The molecule has 15 N–H and O–H groups in total. The van der Waals surface area contributed by atoms with Gasteiger partial charge in [-0.25, -0.2) is 0 Å². The first-order valence-corrected chi connectivity index (χ1v) is 27.9. The zero-order valence-electron chi connectivity index (χ0n) is 45.9. The van der Waals surface area contributed by atoms with E-state index in [4.69, 9.17) is 37.9 Å². The van der Waals surface area contributed by atoms with Crippen molar-refractivity contribution in [3.8, 4) is 0 Å². The average Bonchev–Trinajstić information content (AvgIpc) is 3.93. The fraction of sp³-hybridized carbons (Fsp3) is 0.963. The van der Waals surface area contributed by atoms with Gasteiger partial charge in [0.2, 0.25) is 0 Å². The Labute approximate surface area is 450 Å². The van der Waals surface area contributed by atoms with Gasteiger partial charge in [-0.1, -0.05) is 53.2 Å². The van der Waals surface area contributed by atoms with Crippen LogP contribution in [-0.2, 0) is 37.9 Å². The highest BCUT2D eigenvalue weighted by molar-refractivity contribution is 5.32. The monoisotopic (exact) mass is 1110 g/mol. The second-order valence-electron chi connectivity index (χ2n) is 25.8. The largest absolute Gasteiger partial charge is 0.394 e. The molecule has 77 heavy (non-hydrogen) atoms. The minimum Gasteiger partial charge on any atom is -0.394 e. The molecular formula is C54H92O23. The fourth-order valence-electron chi connectivity index (χ4n) is 15.6. The normalized spacial score (nSPS) is 51.9. The highest BCUT2D eigenvalue weighted by Gasteiger charge is 2.70. The molecule has 7 fully saturated rings. The van der Waals surface area contributed by atoms with Gasteiger partial charge in [-0.15, -0.1) is 0 Å². The van der Waals surface area contributed by atoms with Crippen LogP contribution in [0.25, 0.3) is 0 Å². The molecule has 0 radical (unpaired) electrons. The SMILES string of the molecule is C[C@H](CC[C@@H](O[C@@H]1O[C@H](CO)[C@@H](O)[C@H](O)[C@H]1O[C@@H]1O[C@H](CO)[C@@H](O)[C@H](O)[C@H]1O)C(C)(C)O)[C@H]1CC[C@@]2(C)[C@@H]3CC=C4[C@@H](CC[C@H](O[C@@H]5O[C@H](C)[C@@H](O)[C@H](O)[C@H]5O[C@@H]5O[C@H](CO)[C@@H](O)[C@H](O)[C@H]5O)C4(C)C)[C@]3(C)[C@H](O)C[C@]12C. The number of ether oxygens (including phenoxy) is 8. The van der Waals surface area contributed by atoms with Gasteiger partial charge in [-0.3, -0.25) is 0 Å². The molecule has 4 saturated heterocycles. The topological polar surface area (TPSA) is 377 Å². The molecule has 23 heteroatoms. The minimum atomic E-state index is -1.85. The number of hydrogen-bond acceptors (Lipinski definition) is 23. The van der Waals surface area contributed by atoms with E-state index >= 15 is 0 Å². The molecular weight excluding hydrogens is 1020 g/mol. The van der Waals surface area contributed by atoms with Crippen molar-refractivity contribution in [1.82, 2.24) is 0 Å². The molecule has 8 aliphatic rings. The van der Waals surface area contributed by atoms with E-state index in [0.29, 0.717) is 32.1 Å². The molecule has 0 amide bonds. The summed E-state index contributed by atoms with van der Waals surface area (Å²) in [6.07, 6.45) is -25.7. The van der Waals surface area contributed by atoms with Crippen LogP contribution in [0.1, 0.15) is 114 Å². The summed E-state index contributed by atoms with van der Waals surface area (Å²) in [5.41, 5.74) is -2.04. The summed E-state index contributed by atoms with van der Waals surface area (Å²) >= 11 is 0. The lowest BCUT2D eigenvalue weighted by Crippen LogP contribution is -2.65. The molecule has 0 aromatic carbocycles. The predicted octanol–water partition coefficient (Wildman–Crippen LogP) is -2.20. The van der Waals surface area contributed by atoms with Crippen LogP contribution in [0.3, 0.4) is 0 Å². The quantitative estimate of drug-likeness (QED) is 0.0729. The van der Waals surface area contributed by atoms with Crippen LogP contribution >= 0.6 is 0 Å². The van der Waals surface area contributed by atoms with Gasteiger partial charge in [0.05, 0.1) is 49.8 Å². The van der Waals surface area contributed by atoms with Crippen LogP contribution < -0.4 is 0 Å². The lowest BCUT2D eigenvalue weighted by molar-refractivity contribution is -0.375. The third-order valence-corrected chi connectivity index (χ3v) is 20.8. The predicted molar refractivity (Wildman–Crippen MR) is 266 cm³/mol. The highest BCUT2D eigenvalue weighted by Crippen LogP contribution is 2.75. The lowest BCUT2D eigenvalue weighted by Gasteiger charge is -2.67. The van der Waals surface area contributed by atoms with Crippen molar-refractivity contribution in [1.29, 1.82) is 0 Å². The summed E-state index contributed by atoms with van der Waals surface area (Å²) in [6.45, 7) is 15.8. The second kappa shape index (κ2) is 23.1. The maximum Gasteiger partial charge on any atom is 0.187 e. The van der Waals surface area contributed by atoms with E-state index in [2.05, 4.69) is 47.6 Å². The van der Waals surface area contributed by atoms with Crippen LogP contribution in [0.4, 0.5) is 0 Å². The molecule has 8 rings (SSSR count). The molecule has 4 aliphatic heterocycles. The number of hydrogen-bond donors (Lipinski definition) is 15. The molecule has 4 heterocycles. The molecule has 446 valence electrons. The van der Waals surface area contributed by atoms with Crippen LogP contribution in [0, 0.1) is 45.3 Å². The minimum absolute atomic E-state index is 0.0194. The van der Waals surface area contributed by atoms with Crippen molar-refractivity contribution in [3.63, 3.8) is 0 Å². The number of rotatable bonds is 16. The summed E-state index contributed by atoms with van der Waals surface area (Å²) in [6, 6.07) is 0. The van der Waals surface area contributed by atoms with Gasteiger partial charge in [-0.05, 0) is 107 Å². The van der Waals surface area contributed by atoms with Crippen LogP contribution in [0.2, 0.25) is 0 Å². The molecule has 0 aromatic heterocycles. The van der Waals surface area contributed by atoms with Gasteiger partial charge in [-0.2, -0.15) is 0 Å². The first-order valence-electron chi connectivity index (χ1n) is 27.9. The van der Waals surface area contributed by atoms with Crippen molar-refractivity contribution in [2.45, 2.75) is 260 Å². The molecule has 30 atom stereocenters. The summed E-state index contributed by atoms with van der Waals surface area (Å²) in [5, 5.41) is 162. The van der Waals surface area contributed by atoms with Crippen molar-refractivity contribution in [3.05, 3.63) is 11.6 Å². The van der Waals surface area contributed by atoms with Gasteiger partial charge >= 0.3 is 0 Å². The van der Waals surface area contributed by atoms with Gasteiger partial charge in [0.1, 0.15) is 91.6 Å². The molecule has 0 unspecified atom stereocenters. The summed E-state index contributed by atoms with van der Waals surface area (Å²) in [7, 11) is 0. The second-order valence-corrected chi connectivity index (χ2v) is 25.8. The van der Waals surface area contributed by atoms with Gasteiger partial charge in [0.15, 0.2) is 25.2 Å². The van der Waals surface area contributed by atoms with E-state index in [0.717, 1.165) is 18.4 Å². The fourth-order valence-corrected chi connectivity index (χ4v) is 15.6. The van der Waals surface area contributed by atoms with Gasteiger partial charge in [0.25, 0.3) is 0 Å². The van der Waals surface area contributed by atoms with Crippen LogP contribution in [0.15, 0.2) is 11.6 Å². The van der Waals surface area contributed by atoms with Gasteiger partial charge < -0.3 is 114 Å². The Balaban J connectivity index is 0.968. The van der Waals surface area contributed by atoms with Crippen molar-refractivity contribution in [2.24, 2.45) is 45.3 Å². The number of aliphatic hydroxyl groups is 15. The number of allylic oxidation sites excluding steroid dienone is 1. The van der Waals surface area contributed by atoms with E-state index < -0.39 is 177 Å². The van der Waals surface area contributed by atoms with Crippen LogP contribution in [0.5, 0.6) is 0 Å². The van der Waals surface area contributed by atoms with Crippen LogP contribution in [-0.4, -0.2) is 243 Å². The van der Waals surface area contributed by atoms with E-state index in [-0.39, 0.29) is 40.9 Å². The molecule has 0 spiro atoms. The molecule has 3 saturated carbocycles. The smallest absolute Gasteiger partial charge is 0.187 e. The highest BCUT2D eigenvalue weighted by atomic mass is 16.8. The molecule has 23 nitrogen and oxygen atoms in total. The lowest BCUT2D eigenvalue weighted by atomic mass is 9.38. The van der Waals surface area contributed by atoms with Crippen molar-refractivity contribution >= 4 is 0 Å². The van der Waals surface area contributed by atoms with Crippen molar-refractivity contribution < 1.29 is 114 Å². The van der Waals surface area contributed by atoms with E-state index in [1.807, 2.05) is 0 Å². The number of fused-ring (bicyclic) bond motifs is 5. The van der Waals surface area contributed by atoms with E-state index in [1.54, 1.807) is 20.8 Å². The van der Waals surface area contributed by atoms with Crippen molar-refractivity contribution in [2.75, 3.05) is 19.8 Å².